The van der Waals surface area contributed by atoms with E-state index >= 15 is 0 Å². The molecule has 0 saturated carbocycles. The first-order valence-corrected chi connectivity index (χ1v) is 5.27. The molecule has 0 fully saturated rings. The van der Waals surface area contributed by atoms with Gasteiger partial charge in [0.1, 0.15) is 16.8 Å². The van der Waals surface area contributed by atoms with Crippen LogP contribution in [0.25, 0.3) is 0 Å². The third-order valence-electron chi connectivity index (χ3n) is 2.01. The fraction of sp³-hybridized carbons (Fsp3) is 0.455. The Kier molecular flexibility index (Phi) is 4.38. The third-order valence-corrected chi connectivity index (χ3v) is 2.38. The van der Waals surface area contributed by atoms with Gasteiger partial charge in [-0.2, -0.15) is 0 Å². The number of aryl methyl sites for hydroxylation is 1. The first-order valence-electron chi connectivity index (χ1n) is 4.89. The molecular formula is C11H14ClN3. The molecule has 0 spiro atoms. The van der Waals surface area contributed by atoms with Crippen LogP contribution < -0.4 is 5.32 Å². The van der Waals surface area contributed by atoms with Gasteiger partial charge in [-0.25, -0.2) is 9.97 Å². The second-order valence-corrected chi connectivity index (χ2v) is 3.50. The fourth-order valence-electron chi connectivity index (χ4n) is 1.12. The van der Waals surface area contributed by atoms with Crippen molar-refractivity contribution in [1.82, 2.24) is 9.97 Å². The molecule has 1 rings (SSSR count). The lowest BCUT2D eigenvalue weighted by Gasteiger charge is -2.09. The average Bonchev–Trinajstić information content (AvgIpc) is 2.24. The van der Waals surface area contributed by atoms with Crippen molar-refractivity contribution in [2.75, 3.05) is 11.9 Å². The van der Waals surface area contributed by atoms with E-state index in [-0.39, 0.29) is 0 Å². The molecule has 1 aromatic heterocycles. The largest absolute Gasteiger partial charge is 0.369 e. The molecule has 0 amide bonds. The van der Waals surface area contributed by atoms with Gasteiger partial charge in [0, 0.05) is 24.9 Å². The summed E-state index contributed by atoms with van der Waals surface area (Å²) in [5.41, 5.74) is 0.867. The van der Waals surface area contributed by atoms with Crippen molar-refractivity contribution in [2.24, 2.45) is 0 Å². The average molecular weight is 224 g/mol. The van der Waals surface area contributed by atoms with Crippen molar-refractivity contribution >= 4 is 17.4 Å². The van der Waals surface area contributed by atoms with Crippen LogP contribution >= 0.6 is 11.6 Å². The van der Waals surface area contributed by atoms with E-state index in [1.165, 1.54) is 0 Å². The van der Waals surface area contributed by atoms with Crippen molar-refractivity contribution < 1.29 is 0 Å². The van der Waals surface area contributed by atoms with E-state index in [4.69, 9.17) is 18.0 Å². The third kappa shape index (κ3) is 3.10. The minimum atomic E-state index is 0.505. The SMILES string of the molecule is C#CCCNc1nc(CC)nc(Cl)c1C. The summed E-state index contributed by atoms with van der Waals surface area (Å²) in [5, 5.41) is 3.66. The maximum atomic E-state index is 5.98. The van der Waals surface area contributed by atoms with Gasteiger partial charge in [-0.1, -0.05) is 18.5 Å². The highest BCUT2D eigenvalue weighted by molar-refractivity contribution is 6.30. The summed E-state index contributed by atoms with van der Waals surface area (Å²) >= 11 is 5.98. The smallest absolute Gasteiger partial charge is 0.137 e. The normalized spacial score (nSPS) is 9.73. The number of nitrogens with one attached hydrogen (secondary N) is 1. The van der Waals surface area contributed by atoms with Gasteiger partial charge < -0.3 is 5.32 Å². The van der Waals surface area contributed by atoms with Gasteiger partial charge in [-0.15, -0.1) is 12.3 Å². The van der Waals surface area contributed by atoms with Gasteiger partial charge in [0.2, 0.25) is 0 Å². The monoisotopic (exact) mass is 223 g/mol. The van der Waals surface area contributed by atoms with Crippen molar-refractivity contribution in [3.05, 3.63) is 16.5 Å². The highest BCUT2D eigenvalue weighted by Gasteiger charge is 2.07. The quantitative estimate of drug-likeness (QED) is 0.484. The van der Waals surface area contributed by atoms with E-state index in [0.29, 0.717) is 18.1 Å². The Balaban J connectivity index is 2.86. The van der Waals surface area contributed by atoms with Crippen LogP contribution in [0.1, 0.15) is 24.7 Å². The van der Waals surface area contributed by atoms with Gasteiger partial charge in [0.05, 0.1) is 0 Å². The maximum absolute atomic E-state index is 5.98. The summed E-state index contributed by atoms with van der Waals surface area (Å²) < 4.78 is 0. The zero-order chi connectivity index (χ0) is 11.3. The molecule has 0 aliphatic heterocycles. The van der Waals surface area contributed by atoms with Crippen LogP contribution in [-0.4, -0.2) is 16.5 Å². The van der Waals surface area contributed by atoms with Crippen molar-refractivity contribution in [3.8, 4) is 12.3 Å². The summed E-state index contributed by atoms with van der Waals surface area (Å²) in [6, 6.07) is 0. The number of anilines is 1. The molecule has 0 bridgehead atoms. The van der Waals surface area contributed by atoms with Crippen molar-refractivity contribution in [2.45, 2.75) is 26.7 Å². The molecule has 3 nitrogen and oxygen atoms in total. The molecule has 0 unspecified atom stereocenters. The molecule has 80 valence electrons. The Morgan fingerprint density at radius 3 is 2.80 bits per heavy atom. The van der Waals surface area contributed by atoms with Crippen LogP contribution in [0.2, 0.25) is 5.15 Å². The lowest BCUT2D eigenvalue weighted by Crippen LogP contribution is -2.07. The molecule has 0 aliphatic rings. The number of hydrogen-bond donors (Lipinski definition) is 1. The van der Waals surface area contributed by atoms with Crippen LogP contribution in [-0.2, 0) is 6.42 Å². The van der Waals surface area contributed by atoms with Gasteiger partial charge in [-0.3, -0.25) is 0 Å². The lowest BCUT2D eigenvalue weighted by molar-refractivity contribution is 0.921. The minimum Gasteiger partial charge on any atom is -0.369 e. The Labute approximate surface area is 95.3 Å². The molecule has 0 aromatic carbocycles. The number of hydrogen-bond acceptors (Lipinski definition) is 3. The van der Waals surface area contributed by atoms with Crippen molar-refractivity contribution in [3.63, 3.8) is 0 Å². The Morgan fingerprint density at radius 2 is 2.20 bits per heavy atom. The molecular weight excluding hydrogens is 210 g/mol. The predicted octanol–water partition coefficient (Wildman–Crippen LogP) is 2.44. The summed E-state index contributed by atoms with van der Waals surface area (Å²) in [6.07, 6.45) is 6.60. The molecule has 4 heteroatoms. The van der Waals surface area contributed by atoms with E-state index < -0.39 is 0 Å². The van der Waals surface area contributed by atoms with Crippen LogP contribution in [0.3, 0.4) is 0 Å². The number of aromatic nitrogens is 2. The van der Waals surface area contributed by atoms with Gasteiger partial charge >= 0.3 is 0 Å². The fourth-order valence-corrected chi connectivity index (χ4v) is 1.30. The Hall–Kier alpha value is -1.27. The van der Waals surface area contributed by atoms with E-state index in [0.717, 1.165) is 23.6 Å². The molecule has 1 aromatic rings. The van der Waals surface area contributed by atoms with E-state index in [2.05, 4.69) is 21.2 Å². The Bertz CT molecular complexity index is 382. The topological polar surface area (TPSA) is 37.8 Å². The molecule has 1 N–H and O–H groups in total. The zero-order valence-electron chi connectivity index (χ0n) is 8.97. The molecule has 1 heterocycles. The standard InChI is InChI=1S/C11H14ClN3/c1-4-6-7-13-11-8(3)10(12)14-9(5-2)15-11/h1H,5-7H2,2-3H3,(H,13,14,15). The van der Waals surface area contributed by atoms with Gasteiger partial charge in [0.15, 0.2) is 0 Å². The van der Waals surface area contributed by atoms with E-state index in [9.17, 15) is 0 Å². The van der Waals surface area contributed by atoms with Crippen LogP contribution in [0.15, 0.2) is 0 Å². The zero-order valence-corrected chi connectivity index (χ0v) is 9.73. The molecule has 0 radical (unpaired) electrons. The molecule has 0 atom stereocenters. The summed E-state index contributed by atoms with van der Waals surface area (Å²) in [4.78, 5) is 8.50. The summed E-state index contributed by atoms with van der Waals surface area (Å²) in [6.45, 7) is 4.58. The molecule has 0 aliphatic carbocycles. The van der Waals surface area contributed by atoms with Gasteiger partial charge in [-0.05, 0) is 6.92 Å². The van der Waals surface area contributed by atoms with E-state index in [1.54, 1.807) is 0 Å². The highest BCUT2D eigenvalue weighted by Crippen LogP contribution is 2.19. The van der Waals surface area contributed by atoms with Gasteiger partial charge in [0.25, 0.3) is 0 Å². The predicted molar refractivity (Wildman–Crippen MR) is 63.1 cm³/mol. The van der Waals surface area contributed by atoms with Crippen LogP contribution in [0, 0.1) is 19.3 Å². The first-order chi connectivity index (χ1) is 7.19. The first kappa shape index (κ1) is 11.8. The number of nitrogens with zero attached hydrogens (tertiary/aromatic N) is 2. The number of rotatable bonds is 4. The second-order valence-electron chi connectivity index (χ2n) is 3.14. The van der Waals surface area contributed by atoms with Crippen LogP contribution in [0.5, 0.6) is 0 Å². The second kappa shape index (κ2) is 5.57. The molecule has 0 saturated heterocycles. The lowest BCUT2D eigenvalue weighted by atomic mass is 10.3. The minimum absolute atomic E-state index is 0.505. The van der Waals surface area contributed by atoms with Crippen LogP contribution in [0.4, 0.5) is 5.82 Å². The summed E-state index contributed by atoms with van der Waals surface area (Å²) in [7, 11) is 0. The highest BCUT2D eigenvalue weighted by atomic mass is 35.5. The van der Waals surface area contributed by atoms with Crippen molar-refractivity contribution in [1.29, 1.82) is 0 Å². The Morgan fingerprint density at radius 1 is 1.47 bits per heavy atom. The number of halogens is 1. The number of terminal acetylenes is 1. The van der Waals surface area contributed by atoms with E-state index in [1.807, 2.05) is 13.8 Å². The summed E-state index contributed by atoms with van der Waals surface area (Å²) in [5.74, 6) is 4.09. The molecule has 15 heavy (non-hydrogen) atoms. The maximum Gasteiger partial charge on any atom is 0.137 e.